The van der Waals surface area contributed by atoms with E-state index < -0.39 is 0 Å². The zero-order valence-corrected chi connectivity index (χ0v) is 13.2. The summed E-state index contributed by atoms with van der Waals surface area (Å²) in [6.07, 6.45) is 2.19. The van der Waals surface area contributed by atoms with Crippen LogP contribution in [0.1, 0.15) is 37.8 Å². The summed E-state index contributed by atoms with van der Waals surface area (Å²) in [6.45, 7) is 11.1. The molecule has 0 aromatic heterocycles. The predicted molar refractivity (Wildman–Crippen MR) is 86.3 cm³/mol. The molecule has 0 bridgehead atoms. The van der Waals surface area contributed by atoms with Gasteiger partial charge in [-0.3, -0.25) is 0 Å². The highest BCUT2D eigenvalue weighted by molar-refractivity contribution is 5.71. The Hall–Kier alpha value is -1.79. The fourth-order valence-corrected chi connectivity index (χ4v) is 3.88. The Kier molecular flexibility index (Phi) is 3.30. The quantitative estimate of drug-likeness (QED) is 0.791. The van der Waals surface area contributed by atoms with Crippen molar-refractivity contribution >= 4 is 5.69 Å². The molecule has 110 valence electrons. The zero-order chi connectivity index (χ0) is 15.2. The number of hydrogen-bond acceptors (Lipinski definition) is 3. The van der Waals surface area contributed by atoms with E-state index in [1.165, 1.54) is 16.9 Å². The van der Waals surface area contributed by atoms with Crippen LogP contribution in [-0.4, -0.2) is 31.1 Å². The topological polar surface area (TPSA) is 30.3 Å². The average molecular weight is 281 g/mol. The second-order valence-corrected chi connectivity index (χ2v) is 6.56. The molecule has 2 heterocycles. The third kappa shape index (κ3) is 1.98. The lowest BCUT2D eigenvalue weighted by Crippen LogP contribution is -2.45. The van der Waals surface area contributed by atoms with Crippen molar-refractivity contribution in [3.63, 3.8) is 0 Å². The standard InChI is InChI=1S/C18H23N3/c1-13(2)21-9-7-18(8-10-21)14(3)20(4)17-6-5-15(12-19)11-16(17)18/h5-6,11,13H,3,7-10H2,1-2,4H3. The van der Waals surface area contributed by atoms with E-state index in [4.69, 9.17) is 0 Å². The summed E-state index contributed by atoms with van der Waals surface area (Å²) in [4.78, 5) is 4.74. The Balaban J connectivity index is 2.01. The van der Waals surface area contributed by atoms with E-state index in [0.29, 0.717) is 6.04 Å². The molecule has 2 aliphatic rings. The summed E-state index contributed by atoms with van der Waals surface area (Å²) < 4.78 is 0. The maximum atomic E-state index is 9.21. The SMILES string of the molecule is C=C1N(C)c2ccc(C#N)cc2C12CCN(C(C)C)CC2. The van der Waals surface area contributed by atoms with Crippen molar-refractivity contribution in [3.05, 3.63) is 41.6 Å². The summed E-state index contributed by atoms with van der Waals surface area (Å²) in [5.41, 5.74) is 4.50. The van der Waals surface area contributed by atoms with Crippen LogP contribution < -0.4 is 4.90 Å². The van der Waals surface area contributed by atoms with Gasteiger partial charge in [0, 0.05) is 29.9 Å². The van der Waals surface area contributed by atoms with E-state index in [1.54, 1.807) is 0 Å². The summed E-state index contributed by atoms with van der Waals surface area (Å²) in [5, 5.41) is 9.21. The number of nitrogens with zero attached hydrogens (tertiary/aromatic N) is 3. The lowest BCUT2D eigenvalue weighted by Gasteiger charge is -2.42. The molecule has 3 rings (SSSR count). The number of nitriles is 1. The van der Waals surface area contributed by atoms with Gasteiger partial charge in [0.1, 0.15) is 0 Å². The monoisotopic (exact) mass is 281 g/mol. The number of benzene rings is 1. The molecule has 0 atom stereocenters. The summed E-state index contributed by atoms with van der Waals surface area (Å²) in [7, 11) is 2.09. The van der Waals surface area contributed by atoms with Gasteiger partial charge >= 0.3 is 0 Å². The molecule has 0 radical (unpaired) electrons. The first-order chi connectivity index (χ1) is 9.99. The van der Waals surface area contributed by atoms with Gasteiger partial charge in [-0.05, 0) is 63.5 Å². The molecule has 1 aromatic rings. The van der Waals surface area contributed by atoms with Gasteiger partial charge in [0.15, 0.2) is 0 Å². The number of likely N-dealkylation sites (tertiary alicyclic amines) is 1. The third-order valence-corrected chi connectivity index (χ3v) is 5.34. The van der Waals surface area contributed by atoms with E-state index in [0.717, 1.165) is 31.5 Å². The van der Waals surface area contributed by atoms with E-state index in [2.05, 4.69) is 55.5 Å². The molecule has 21 heavy (non-hydrogen) atoms. The maximum absolute atomic E-state index is 9.21. The minimum atomic E-state index is 0.0301. The Morgan fingerprint density at radius 1 is 1.29 bits per heavy atom. The Labute approximate surface area is 127 Å². The van der Waals surface area contributed by atoms with Crippen molar-refractivity contribution < 1.29 is 0 Å². The lowest BCUT2D eigenvalue weighted by molar-refractivity contribution is 0.146. The molecule has 3 nitrogen and oxygen atoms in total. The first kappa shape index (κ1) is 14.2. The number of rotatable bonds is 1. The van der Waals surface area contributed by atoms with Gasteiger partial charge in [-0.2, -0.15) is 5.26 Å². The Morgan fingerprint density at radius 2 is 1.95 bits per heavy atom. The van der Waals surface area contributed by atoms with Crippen LogP contribution in [-0.2, 0) is 5.41 Å². The van der Waals surface area contributed by atoms with Crippen LogP contribution in [0.4, 0.5) is 5.69 Å². The van der Waals surface area contributed by atoms with Gasteiger partial charge in [-0.25, -0.2) is 0 Å². The molecule has 0 aliphatic carbocycles. The van der Waals surface area contributed by atoms with E-state index in [9.17, 15) is 5.26 Å². The average Bonchev–Trinajstić information content (AvgIpc) is 2.70. The Bertz CT molecular complexity index is 616. The van der Waals surface area contributed by atoms with Crippen molar-refractivity contribution in [1.29, 1.82) is 5.26 Å². The van der Waals surface area contributed by atoms with Crippen molar-refractivity contribution in [3.8, 4) is 6.07 Å². The highest BCUT2D eigenvalue weighted by Crippen LogP contribution is 2.52. The summed E-state index contributed by atoms with van der Waals surface area (Å²) in [6, 6.07) is 8.93. The zero-order valence-electron chi connectivity index (χ0n) is 13.2. The number of anilines is 1. The molecule has 1 spiro atoms. The van der Waals surface area contributed by atoms with Crippen molar-refractivity contribution in [2.75, 3.05) is 25.0 Å². The molecule has 0 unspecified atom stereocenters. The number of likely N-dealkylation sites (N-methyl/N-ethyl adjacent to an activating group) is 1. The van der Waals surface area contributed by atoms with Crippen LogP contribution in [0.25, 0.3) is 0 Å². The minimum Gasteiger partial charge on any atom is -0.348 e. The third-order valence-electron chi connectivity index (χ3n) is 5.34. The minimum absolute atomic E-state index is 0.0301. The van der Waals surface area contributed by atoms with Crippen LogP contribution in [0.3, 0.4) is 0 Å². The molecule has 0 N–H and O–H groups in total. The largest absolute Gasteiger partial charge is 0.348 e. The van der Waals surface area contributed by atoms with Gasteiger partial charge in [-0.1, -0.05) is 6.58 Å². The molecule has 1 aromatic carbocycles. The summed E-state index contributed by atoms with van der Waals surface area (Å²) in [5.74, 6) is 0. The van der Waals surface area contributed by atoms with Crippen molar-refractivity contribution in [1.82, 2.24) is 4.90 Å². The highest BCUT2D eigenvalue weighted by Gasteiger charge is 2.47. The predicted octanol–water partition coefficient (Wildman–Crippen LogP) is 3.26. The molecular formula is C18H23N3. The fourth-order valence-electron chi connectivity index (χ4n) is 3.88. The Morgan fingerprint density at radius 3 is 2.52 bits per heavy atom. The van der Waals surface area contributed by atoms with Crippen LogP contribution >= 0.6 is 0 Å². The van der Waals surface area contributed by atoms with Gasteiger partial charge in [0.05, 0.1) is 11.6 Å². The van der Waals surface area contributed by atoms with Gasteiger partial charge in [0.2, 0.25) is 0 Å². The van der Waals surface area contributed by atoms with Gasteiger partial charge in [-0.15, -0.1) is 0 Å². The van der Waals surface area contributed by atoms with Crippen molar-refractivity contribution in [2.24, 2.45) is 0 Å². The van der Waals surface area contributed by atoms with E-state index in [1.807, 2.05) is 6.07 Å². The van der Waals surface area contributed by atoms with Crippen LogP contribution in [0.5, 0.6) is 0 Å². The number of hydrogen-bond donors (Lipinski definition) is 0. The maximum Gasteiger partial charge on any atom is 0.0991 e. The van der Waals surface area contributed by atoms with E-state index in [-0.39, 0.29) is 5.41 Å². The number of piperidine rings is 1. The smallest absolute Gasteiger partial charge is 0.0991 e. The summed E-state index contributed by atoms with van der Waals surface area (Å²) >= 11 is 0. The number of fused-ring (bicyclic) bond motifs is 2. The molecule has 3 heteroatoms. The number of allylic oxidation sites excluding steroid dienone is 1. The molecule has 1 saturated heterocycles. The second-order valence-electron chi connectivity index (χ2n) is 6.56. The second kappa shape index (κ2) is 4.89. The van der Waals surface area contributed by atoms with Crippen molar-refractivity contribution in [2.45, 2.75) is 38.1 Å². The highest BCUT2D eigenvalue weighted by atomic mass is 15.2. The molecule has 2 aliphatic heterocycles. The van der Waals surface area contributed by atoms with E-state index >= 15 is 0 Å². The molecule has 1 fully saturated rings. The van der Waals surface area contributed by atoms with Crippen LogP contribution in [0, 0.1) is 11.3 Å². The van der Waals surface area contributed by atoms with Crippen LogP contribution in [0.2, 0.25) is 0 Å². The molecular weight excluding hydrogens is 258 g/mol. The van der Waals surface area contributed by atoms with Gasteiger partial charge in [0.25, 0.3) is 0 Å². The first-order valence-corrected chi connectivity index (χ1v) is 7.71. The first-order valence-electron chi connectivity index (χ1n) is 7.71. The molecule has 0 saturated carbocycles. The van der Waals surface area contributed by atoms with Crippen LogP contribution in [0.15, 0.2) is 30.5 Å². The van der Waals surface area contributed by atoms with Gasteiger partial charge < -0.3 is 9.80 Å². The molecule has 0 amide bonds. The lowest BCUT2D eigenvalue weighted by atomic mass is 9.72. The fraction of sp³-hybridized carbons (Fsp3) is 0.500. The normalized spacial score (nSPS) is 20.9.